The summed E-state index contributed by atoms with van der Waals surface area (Å²) >= 11 is 7.40. The maximum atomic E-state index is 12.2. The van der Waals surface area contributed by atoms with E-state index in [9.17, 15) is 4.79 Å². The van der Waals surface area contributed by atoms with Crippen molar-refractivity contribution < 1.29 is 9.53 Å². The van der Waals surface area contributed by atoms with E-state index in [0.29, 0.717) is 16.5 Å². The van der Waals surface area contributed by atoms with E-state index in [1.54, 1.807) is 0 Å². The Kier molecular flexibility index (Phi) is 4.97. The van der Waals surface area contributed by atoms with Gasteiger partial charge in [0.15, 0.2) is 0 Å². The smallest absolute Gasteiger partial charge is 0.317 e. The molecule has 0 saturated heterocycles. The minimum atomic E-state index is -0.305. The number of ether oxygens (including phenoxy) is 1. The summed E-state index contributed by atoms with van der Waals surface area (Å²) in [6.45, 7) is 3.86. The summed E-state index contributed by atoms with van der Waals surface area (Å²) in [6.07, 6.45) is 0.151. The monoisotopic (exact) mass is 357 g/mol. The molecular weight excluding hydrogens is 342 g/mol. The molecule has 1 heterocycles. The molecule has 0 atom stereocenters. The van der Waals surface area contributed by atoms with Gasteiger partial charge in [0, 0.05) is 16.0 Å². The van der Waals surface area contributed by atoms with Crippen molar-refractivity contribution in [2.75, 3.05) is 0 Å². The predicted molar refractivity (Wildman–Crippen MR) is 97.8 cm³/mol. The normalized spacial score (nSPS) is 10.6. The molecule has 3 rings (SSSR count). The van der Waals surface area contributed by atoms with Crippen LogP contribution in [0.15, 0.2) is 47.8 Å². The Labute approximate surface area is 149 Å². The fraction of sp³-hybridized carbons (Fsp3) is 0.158. The van der Waals surface area contributed by atoms with Crippen molar-refractivity contribution in [2.45, 2.75) is 20.3 Å². The van der Waals surface area contributed by atoms with Crippen molar-refractivity contribution in [3.63, 3.8) is 0 Å². The van der Waals surface area contributed by atoms with Crippen LogP contribution in [0.3, 0.4) is 0 Å². The Hall–Kier alpha value is -2.17. The molecule has 2 aromatic carbocycles. The molecule has 0 radical (unpaired) electrons. The average molecular weight is 358 g/mol. The van der Waals surface area contributed by atoms with Crippen LogP contribution in [0.4, 0.5) is 0 Å². The molecule has 3 aromatic rings. The first-order chi connectivity index (χ1) is 11.5. The van der Waals surface area contributed by atoms with E-state index in [0.717, 1.165) is 21.7 Å². The number of benzene rings is 2. The summed E-state index contributed by atoms with van der Waals surface area (Å²) < 4.78 is 5.52. The van der Waals surface area contributed by atoms with Gasteiger partial charge >= 0.3 is 5.97 Å². The van der Waals surface area contributed by atoms with Gasteiger partial charge in [0.05, 0.1) is 12.1 Å². The van der Waals surface area contributed by atoms with Crippen LogP contribution in [0.5, 0.6) is 5.75 Å². The molecule has 0 aliphatic rings. The van der Waals surface area contributed by atoms with Gasteiger partial charge in [-0.1, -0.05) is 41.9 Å². The molecule has 0 aliphatic heterocycles. The van der Waals surface area contributed by atoms with Crippen LogP contribution in [0, 0.1) is 13.8 Å². The first-order valence-corrected chi connectivity index (χ1v) is 8.76. The molecule has 0 amide bonds. The largest absolute Gasteiger partial charge is 0.426 e. The number of carbonyl (C=O) groups excluding carboxylic acids is 1. The minimum Gasteiger partial charge on any atom is -0.426 e. The number of hydrogen-bond donors (Lipinski definition) is 0. The zero-order valence-corrected chi connectivity index (χ0v) is 14.9. The zero-order chi connectivity index (χ0) is 17.1. The first-order valence-electron chi connectivity index (χ1n) is 7.50. The van der Waals surface area contributed by atoms with Gasteiger partial charge in [-0.15, -0.1) is 11.3 Å². The van der Waals surface area contributed by atoms with Gasteiger partial charge in [0.25, 0.3) is 0 Å². The topological polar surface area (TPSA) is 39.2 Å². The highest BCUT2D eigenvalue weighted by Crippen LogP contribution is 2.26. The van der Waals surface area contributed by atoms with Crippen molar-refractivity contribution in [3.05, 3.63) is 69.7 Å². The average Bonchev–Trinajstić information content (AvgIpc) is 3.00. The number of nitrogens with zero attached hydrogens (tertiary/aromatic N) is 1. The summed E-state index contributed by atoms with van der Waals surface area (Å²) in [5.41, 5.74) is 3.59. The Morgan fingerprint density at radius 1 is 1.12 bits per heavy atom. The fourth-order valence-corrected chi connectivity index (χ4v) is 3.32. The Morgan fingerprint density at radius 3 is 2.46 bits per heavy atom. The molecular formula is C19H16ClNO2S. The number of aryl methyl sites for hydroxylation is 2. The SMILES string of the molecule is Cc1cccc(C)c1OC(=O)Cc1csc(-c2ccc(Cl)cc2)n1. The fourth-order valence-electron chi connectivity index (χ4n) is 2.37. The number of esters is 1. The van der Waals surface area contributed by atoms with Gasteiger partial charge in [-0.25, -0.2) is 4.98 Å². The Balaban J connectivity index is 1.70. The number of halogens is 1. The summed E-state index contributed by atoms with van der Waals surface area (Å²) in [5.74, 6) is 0.330. The Bertz CT molecular complexity index is 851. The summed E-state index contributed by atoms with van der Waals surface area (Å²) in [7, 11) is 0. The number of aromatic nitrogens is 1. The lowest BCUT2D eigenvalue weighted by Gasteiger charge is -2.09. The second-order valence-electron chi connectivity index (χ2n) is 5.52. The van der Waals surface area contributed by atoms with Crippen LogP contribution in [0.1, 0.15) is 16.8 Å². The third-order valence-electron chi connectivity index (χ3n) is 3.59. The van der Waals surface area contributed by atoms with E-state index in [1.807, 2.05) is 61.7 Å². The highest BCUT2D eigenvalue weighted by Gasteiger charge is 2.13. The van der Waals surface area contributed by atoms with Crippen molar-refractivity contribution in [1.82, 2.24) is 4.98 Å². The first kappa shape index (κ1) is 16.7. The summed E-state index contributed by atoms with van der Waals surface area (Å²) in [5, 5.41) is 3.44. The van der Waals surface area contributed by atoms with Crippen LogP contribution >= 0.6 is 22.9 Å². The second-order valence-corrected chi connectivity index (χ2v) is 6.82. The Morgan fingerprint density at radius 2 is 1.79 bits per heavy atom. The maximum absolute atomic E-state index is 12.2. The molecule has 0 bridgehead atoms. The number of thiazole rings is 1. The quantitative estimate of drug-likeness (QED) is 0.474. The van der Waals surface area contributed by atoms with E-state index >= 15 is 0 Å². The third-order valence-corrected chi connectivity index (χ3v) is 4.79. The number of hydrogen-bond acceptors (Lipinski definition) is 4. The van der Waals surface area contributed by atoms with Gasteiger partial charge in [0.1, 0.15) is 10.8 Å². The maximum Gasteiger partial charge on any atom is 0.317 e. The summed E-state index contributed by atoms with van der Waals surface area (Å²) in [4.78, 5) is 16.7. The molecule has 24 heavy (non-hydrogen) atoms. The number of rotatable bonds is 4. The molecule has 122 valence electrons. The molecule has 5 heteroatoms. The molecule has 0 fully saturated rings. The van der Waals surface area contributed by atoms with E-state index in [2.05, 4.69) is 4.98 Å². The predicted octanol–water partition coefficient (Wildman–Crippen LogP) is 5.23. The lowest BCUT2D eigenvalue weighted by Crippen LogP contribution is -2.13. The lowest BCUT2D eigenvalue weighted by molar-refractivity contribution is -0.133. The molecule has 0 N–H and O–H groups in total. The van der Waals surface area contributed by atoms with Gasteiger partial charge < -0.3 is 4.74 Å². The van der Waals surface area contributed by atoms with Crippen LogP contribution in [-0.2, 0) is 11.2 Å². The second kappa shape index (κ2) is 7.16. The highest BCUT2D eigenvalue weighted by molar-refractivity contribution is 7.13. The van der Waals surface area contributed by atoms with Crippen LogP contribution < -0.4 is 4.74 Å². The molecule has 1 aromatic heterocycles. The van der Waals surface area contributed by atoms with E-state index < -0.39 is 0 Å². The van der Waals surface area contributed by atoms with Crippen LogP contribution in [-0.4, -0.2) is 11.0 Å². The molecule has 0 aliphatic carbocycles. The van der Waals surface area contributed by atoms with E-state index in [4.69, 9.17) is 16.3 Å². The van der Waals surface area contributed by atoms with Gasteiger partial charge in [0.2, 0.25) is 0 Å². The van der Waals surface area contributed by atoms with Crippen LogP contribution in [0.2, 0.25) is 5.02 Å². The molecule has 0 saturated carbocycles. The molecule has 0 spiro atoms. The zero-order valence-electron chi connectivity index (χ0n) is 13.4. The van der Waals surface area contributed by atoms with Crippen molar-refractivity contribution in [1.29, 1.82) is 0 Å². The molecule has 3 nitrogen and oxygen atoms in total. The summed E-state index contributed by atoms with van der Waals surface area (Å²) in [6, 6.07) is 13.3. The van der Waals surface area contributed by atoms with E-state index in [-0.39, 0.29) is 12.4 Å². The van der Waals surface area contributed by atoms with Gasteiger partial charge in [-0.3, -0.25) is 4.79 Å². The van der Waals surface area contributed by atoms with Crippen LogP contribution in [0.25, 0.3) is 10.6 Å². The standard InChI is InChI=1S/C19H16ClNO2S/c1-12-4-3-5-13(2)18(12)23-17(22)10-16-11-24-19(21-16)14-6-8-15(20)9-7-14/h3-9,11H,10H2,1-2H3. The van der Waals surface area contributed by atoms with E-state index in [1.165, 1.54) is 11.3 Å². The minimum absolute atomic E-state index is 0.151. The highest BCUT2D eigenvalue weighted by atomic mass is 35.5. The van der Waals surface area contributed by atoms with Crippen molar-refractivity contribution in [2.24, 2.45) is 0 Å². The van der Waals surface area contributed by atoms with Gasteiger partial charge in [-0.05, 0) is 37.1 Å². The third kappa shape index (κ3) is 3.83. The van der Waals surface area contributed by atoms with Gasteiger partial charge in [-0.2, -0.15) is 0 Å². The lowest BCUT2D eigenvalue weighted by atomic mass is 10.1. The number of para-hydroxylation sites is 1. The molecule has 0 unspecified atom stereocenters. The van der Waals surface area contributed by atoms with Crippen molar-refractivity contribution in [3.8, 4) is 16.3 Å². The van der Waals surface area contributed by atoms with Crippen molar-refractivity contribution >= 4 is 28.9 Å². The number of carbonyl (C=O) groups is 1.